The average Bonchev–Trinajstić information content (AvgIpc) is 3.00. The molecule has 0 aromatic heterocycles. The molecule has 0 spiro atoms. The van der Waals surface area contributed by atoms with E-state index in [0.29, 0.717) is 17.7 Å². The Labute approximate surface area is 171 Å². The van der Waals surface area contributed by atoms with Crippen LogP contribution >= 0.6 is 0 Å². The van der Waals surface area contributed by atoms with Gasteiger partial charge in [-0.25, -0.2) is 4.39 Å². The van der Waals surface area contributed by atoms with Gasteiger partial charge in [0.25, 0.3) is 0 Å². The molecule has 0 saturated carbocycles. The van der Waals surface area contributed by atoms with Crippen LogP contribution in [0.15, 0.2) is 41.4 Å². The fourth-order valence-corrected chi connectivity index (χ4v) is 3.22. The first-order chi connectivity index (χ1) is 14.2. The quantitative estimate of drug-likeness (QED) is 0.480. The zero-order valence-corrected chi connectivity index (χ0v) is 16.4. The number of carbonyl (C=O) groups is 1. The molecule has 0 fully saturated rings. The first kappa shape index (κ1) is 21.8. The summed E-state index contributed by atoms with van der Waals surface area (Å²) in [7, 11) is 1.48. The minimum Gasteiger partial charge on any atom is -0.383 e. The van der Waals surface area contributed by atoms with Crippen molar-refractivity contribution >= 4 is 29.2 Å². The normalized spacial score (nSPS) is 17.1. The third-order valence-electron chi connectivity index (χ3n) is 4.79. The first-order valence-corrected chi connectivity index (χ1v) is 9.34. The van der Waals surface area contributed by atoms with Gasteiger partial charge in [-0.3, -0.25) is 9.79 Å². The summed E-state index contributed by atoms with van der Waals surface area (Å²) in [4.78, 5) is 16.2. The van der Waals surface area contributed by atoms with E-state index in [9.17, 15) is 22.4 Å². The van der Waals surface area contributed by atoms with Crippen LogP contribution in [-0.4, -0.2) is 31.9 Å². The van der Waals surface area contributed by atoms with Crippen molar-refractivity contribution in [2.45, 2.75) is 31.5 Å². The summed E-state index contributed by atoms with van der Waals surface area (Å²) in [5, 5.41) is 5.45. The smallest absolute Gasteiger partial charge is 0.383 e. The lowest BCUT2D eigenvalue weighted by Gasteiger charge is -2.21. The summed E-state index contributed by atoms with van der Waals surface area (Å²) in [5.41, 5.74) is -0.0590. The second-order valence-electron chi connectivity index (χ2n) is 6.91. The van der Waals surface area contributed by atoms with Crippen LogP contribution in [0.4, 0.5) is 34.6 Å². The summed E-state index contributed by atoms with van der Waals surface area (Å²) in [5.74, 6) is -1.81. The van der Waals surface area contributed by atoms with Gasteiger partial charge < -0.3 is 15.4 Å². The first-order valence-electron chi connectivity index (χ1n) is 9.34. The minimum atomic E-state index is -4.60. The average molecular weight is 423 g/mol. The number of nitrogens with zero attached hydrogens (tertiary/aromatic N) is 1. The molecule has 1 aliphatic heterocycles. The number of benzene rings is 2. The summed E-state index contributed by atoms with van der Waals surface area (Å²) >= 11 is 0. The molecule has 0 aliphatic carbocycles. The predicted octanol–water partition coefficient (Wildman–Crippen LogP) is 5.12. The van der Waals surface area contributed by atoms with Crippen LogP contribution in [0.1, 0.15) is 30.4 Å². The van der Waals surface area contributed by atoms with E-state index in [1.165, 1.54) is 43.7 Å². The molecule has 1 amide bonds. The molecule has 9 heteroatoms. The van der Waals surface area contributed by atoms with Crippen LogP contribution in [0.5, 0.6) is 0 Å². The lowest BCUT2D eigenvalue weighted by molar-refractivity contribution is -0.137. The van der Waals surface area contributed by atoms with Crippen molar-refractivity contribution in [3.63, 3.8) is 0 Å². The number of anilines is 2. The van der Waals surface area contributed by atoms with Crippen molar-refractivity contribution in [1.29, 1.82) is 0 Å². The molecule has 1 aliphatic rings. The van der Waals surface area contributed by atoms with Gasteiger partial charge in [0, 0.05) is 30.7 Å². The summed E-state index contributed by atoms with van der Waals surface area (Å²) in [6.45, 7) is 2.11. The molecule has 3 rings (SSSR count). The van der Waals surface area contributed by atoms with Crippen molar-refractivity contribution in [3.05, 3.63) is 53.3 Å². The Balaban J connectivity index is 1.89. The SMILES string of the molecule is CCC(COC)Nc1ccc(N=CC2C(=O)Nc3ccc(F)cc32)cc1C(F)(F)F. The van der Waals surface area contributed by atoms with Crippen LogP contribution in [0.3, 0.4) is 0 Å². The van der Waals surface area contributed by atoms with E-state index >= 15 is 0 Å². The van der Waals surface area contributed by atoms with Crippen LogP contribution in [0, 0.1) is 5.82 Å². The molecule has 0 saturated heterocycles. The molecule has 0 bridgehead atoms. The Morgan fingerprint density at radius 3 is 2.70 bits per heavy atom. The van der Waals surface area contributed by atoms with Crippen LogP contribution < -0.4 is 10.6 Å². The summed E-state index contributed by atoms with van der Waals surface area (Å²) in [6, 6.07) is 7.22. The maximum Gasteiger partial charge on any atom is 0.418 e. The number of amides is 1. The summed E-state index contributed by atoms with van der Waals surface area (Å²) < 4.78 is 59.3. The molecule has 1 heterocycles. The van der Waals surface area contributed by atoms with Crippen molar-refractivity contribution in [3.8, 4) is 0 Å². The number of hydrogen-bond acceptors (Lipinski definition) is 4. The van der Waals surface area contributed by atoms with E-state index in [-0.39, 0.29) is 24.0 Å². The fourth-order valence-electron chi connectivity index (χ4n) is 3.22. The second kappa shape index (κ2) is 8.83. The molecule has 5 nitrogen and oxygen atoms in total. The number of hydrogen-bond donors (Lipinski definition) is 2. The largest absolute Gasteiger partial charge is 0.418 e. The van der Waals surface area contributed by atoms with Gasteiger partial charge in [0.1, 0.15) is 11.7 Å². The van der Waals surface area contributed by atoms with Crippen molar-refractivity contribution in [1.82, 2.24) is 0 Å². The molecule has 2 unspecified atom stereocenters. The fraction of sp³-hybridized carbons (Fsp3) is 0.333. The third-order valence-corrected chi connectivity index (χ3v) is 4.79. The second-order valence-corrected chi connectivity index (χ2v) is 6.91. The lowest BCUT2D eigenvalue weighted by atomic mass is 10.0. The van der Waals surface area contributed by atoms with E-state index < -0.39 is 29.4 Å². The van der Waals surface area contributed by atoms with Gasteiger partial charge >= 0.3 is 6.18 Å². The molecule has 160 valence electrons. The van der Waals surface area contributed by atoms with Crippen molar-refractivity contribution < 1.29 is 27.1 Å². The highest BCUT2D eigenvalue weighted by Gasteiger charge is 2.34. The van der Waals surface area contributed by atoms with E-state index in [2.05, 4.69) is 15.6 Å². The van der Waals surface area contributed by atoms with E-state index in [1.54, 1.807) is 0 Å². The number of ether oxygens (including phenoxy) is 1. The molecule has 2 aromatic carbocycles. The monoisotopic (exact) mass is 423 g/mol. The highest BCUT2D eigenvalue weighted by atomic mass is 19.4. The highest BCUT2D eigenvalue weighted by Crippen LogP contribution is 2.38. The zero-order chi connectivity index (χ0) is 21.9. The molecular weight excluding hydrogens is 402 g/mol. The van der Waals surface area contributed by atoms with Gasteiger partial charge in [-0.1, -0.05) is 6.92 Å². The molecule has 30 heavy (non-hydrogen) atoms. The van der Waals surface area contributed by atoms with Crippen molar-refractivity contribution in [2.75, 3.05) is 24.4 Å². The van der Waals surface area contributed by atoms with Gasteiger partial charge in [0.2, 0.25) is 5.91 Å². The van der Waals surface area contributed by atoms with Gasteiger partial charge in [0.05, 0.1) is 17.9 Å². The van der Waals surface area contributed by atoms with Crippen molar-refractivity contribution in [2.24, 2.45) is 4.99 Å². The molecule has 2 atom stereocenters. The Kier molecular flexibility index (Phi) is 6.40. The Morgan fingerprint density at radius 1 is 1.27 bits per heavy atom. The van der Waals surface area contributed by atoms with E-state index in [1.807, 2.05) is 6.92 Å². The number of nitrogens with one attached hydrogen (secondary N) is 2. The number of aliphatic imine (C=N–C) groups is 1. The third kappa shape index (κ3) is 4.79. The number of fused-ring (bicyclic) bond motifs is 1. The van der Waals surface area contributed by atoms with Gasteiger partial charge in [-0.15, -0.1) is 0 Å². The van der Waals surface area contributed by atoms with E-state index in [0.717, 1.165) is 6.07 Å². The zero-order valence-electron chi connectivity index (χ0n) is 16.4. The van der Waals surface area contributed by atoms with Crippen LogP contribution in [-0.2, 0) is 15.7 Å². The Bertz CT molecular complexity index is 960. The Morgan fingerprint density at radius 2 is 2.03 bits per heavy atom. The lowest BCUT2D eigenvalue weighted by Crippen LogP contribution is -2.25. The predicted molar refractivity (Wildman–Crippen MR) is 107 cm³/mol. The van der Waals surface area contributed by atoms with Crippen LogP contribution in [0.2, 0.25) is 0 Å². The van der Waals surface area contributed by atoms with E-state index in [4.69, 9.17) is 4.74 Å². The van der Waals surface area contributed by atoms with Gasteiger partial charge in [-0.05, 0) is 48.4 Å². The minimum absolute atomic E-state index is 0.0327. The topological polar surface area (TPSA) is 62.7 Å². The van der Waals surface area contributed by atoms with Crippen LogP contribution in [0.25, 0.3) is 0 Å². The molecule has 2 N–H and O–H groups in total. The maximum atomic E-state index is 13.6. The van der Waals surface area contributed by atoms with Gasteiger partial charge in [-0.2, -0.15) is 13.2 Å². The maximum absolute atomic E-state index is 13.6. The standard InChI is InChI=1S/C21H21F4N3O2/c1-3-13(11-30-2)27-19-7-5-14(9-17(19)21(23,24)25)26-10-16-15-8-12(22)4-6-18(15)28-20(16)29/h4-10,13,16,27H,3,11H2,1-2H3,(H,28,29). The number of halogens is 4. The highest BCUT2D eigenvalue weighted by molar-refractivity contribution is 6.12. The molecule has 0 radical (unpaired) electrons. The number of methoxy groups -OCH3 is 1. The van der Waals surface area contributed by atoms with Gasteiger partial charge in [0.15, 0.2) is 0 Å². The number of carbonyl (C=O) groups excluding carboxylic acids is 1. The molecular formula is C21H21F4N3O2. The number of alkyl halides is 3. The molecule has 2 aromatic rings. The summed E-state index contributed by atoms with van der Waals surface area (Å²) in [6.07, 6.45) is -2.79. The Hall–Kier alpha value is -2.94. The number of rotatable bonds is 7.